The van der Waals surface area contributed by atoms with E-state index in [-0.39, 0.29) is 0 Å². The number of nitrogens with one attached hydrogen (secondary N) is 1. The summed E-state index contributed by atoms with van der Waals surface area (Å²) in [4.78, 5) is 4.59. The van der Waals surface area contributed by atoms with Crippen LogP contribution in [-0.4, -0.2) is 25.2 Å². The van der Waals surface area contributed by atoms with Crippen LogP contribution in [0.25, 0.3) is 33.6 Å². The van der Waals surface area contributed by atoms with Crippen LogP contribution in [-0.2, 0) is 6.42 Å². The molecule has 0 unspecified atom stereocenters. The highest BCUT2D eigenvalue weighted by Gasteiger charge is 2.21. The summed E-state index contributed by atoms with van der Waals surface area (Å²) in [7, 11) is 1.71. The molecule has 0 atom stereocenters. The zero-order valence-corrected chi connectivity index (χ0v) is 22.7. The summed E-state index contributed by atoms with van der Waals surface area (Å²) < 4.78 is 17.9. The van der Waals surface area contributed by atoms with E-state index in [1.165, 1.54) is 5.57 Å². The first-order chi connectivity index (χ1) is 19.1. The lowest BCUT2D eigenvalue weighted by Gasteiger charge is -2.11. The van der Waals surface area contributed by atoms with E-state index in [1.807, 2.05) is 54.6 Å². The van der Waals surface area contributed by atoms with Crippen LogP contribution in [0.15, 0.2) is 107 Å². The molecule has 0 saturated heterocycles. The van der Waals surface area contributed by atoms with Crippen LogP contribution in [0.2, 0.25) is 0 Å². The number of methoxy groups -OCH3 is 1. The topological polar surface area (TPSA) is 56.5 Å². The summed E-state index contributed by atoms with van der Waals surface area (Å²) in [5.74, 6) is 2.54. The molecule has 0 radical (unpaired) electrons. The summed E-state index contributed by atoms with van der Waals surface area (Å²) in [6, 6.07) is 28.6. The molecule has 3 aromatic carbocycles. The minimum absolute atomic E-state index is 0.605. The van der Waals surface area contributed by atoms with Gasteiger partial charge >= 0.3 is 0 Å². The third-order valence-electron chi connectivity index (χ3n) is 6.61. The van der Waals surface area contributed by atoms with Crippen molar-refractivity contribution in [3.8, 4) is 33.9 Å². The van der Waals surface area contributed by atoms with Gasteiger partial charge in [-0.2, -0.15) is 0 Å². The number of benzene rings is 3. The SMILES string of the molecule is COc1ccccc1CCNc1ccnc2oc(-c3ccc(OCCC=C(C)C)cc3)c(-c3ccccc3)c12. The molecule has 2 aromatic heterocycles. The first-order valence-electron chi connectivity index (χ1n) is 13.3. The summed E-state index contributed by atoms with van der Waals surface area (Å²) in [6.45, 7) is 5.59. The number of fused-ring (bicyclic) bond motifs is 1. The first-order valence-corrected chi connectivity index (χ1v) is 13.3. The molecular formula is C34H34N2O3. The zero-order chi connectivity index (χ0) is 27.0. The number of pyridine rings is 1. The van der Waals surface area contributed by atoms with Gasteiger partial charge in [0.05, 0.1) is 19.1 Å². The highest BCUT2D eigenvalue weighted by molar-refractivity contribution is 6.06. The first kappa shape index (κ1) is 26.1. The molecule has 0 saturated carbocycles. The average molecular weight is 519 g/mol. The number of hydrogen-bond donors (Lipinski definition) is 1. The Morgan fingerprint density at radius 3 is 2.44 bits per heavy atom. The molecule has 5 heteroatoms. The number of furan rings is 1. The number of ether oxygens (including phenoxy) is 2. The van der Waals surface area contributed by atoms with Gasteiger partial charge in [0.2, 0.25) is 5.71 Å². The Labute approximate surface area is 230 Å². The van der Waals surface area contributed by atoms with Crippen molar-refractivity contribution in [2.24, 2.45) is 0 Å². The van der Waals surface area contributed by atoms with E-state index in [0.29, 0.717) is 12.3 Å². The van der Waals surface area contributed by atoms with E-state index in [9.17, 15) is 0 Å². The number of para-hydroxylation sites is 1. The molecule has 0 amide bonds. The lowest BCUT2D eigenvalue weighted by Crippen LogP contribution is -2.06. The van der Waals surface area contributed by atoms with Gasteiger partial charge in [-0.1, -0.05) is 60.2 Å². The van der Waals surface area contributed by atoms with Gasteiger partial charge in [0.1, 0.15) is 17.3 Å². The van der Waals surface area contributed by atoms with E-state index in [0.717, 1.165) is 70.0 Å². The predicted molar refractivity (Wildman–Crippen MR) is 160 cm³/mol. The third-order valence-corrected chi connectivity index (χ3v) is 6.61. The molecule has 0 aliphatic heterocycles. The fraction of sp³-hybridized carbons (Fsp3) is 0.206. The van der Waals surface area contributed by atoms with Crippen molar-refractivity contribution in [2.75, 3.05) is 25.6 Å². The van der Waals surface area contributed by atoms with Crippen LogP contribution in [0.1, 0.15) is 25.8 Å². The van der Waals surface area contributed by atoms with Crippen LogP contribution < -0.4 is 14.8 Å². The number of aromatic nitrogens is 1. The standard InChI is InChI=1S/C34H34N2O3/c1-24(2)10-9-23-38-28-17-15-27(16-18-28)33-31(26-12-5-4-6-13-26)32-29(20-22-36-34(32)39-33)35-21-19-25-11-7-8-14-30(25)37-3/h4-8,10-18,20,22H,9,19,21,23H2,1-3H3,(H,35,36). The molecule has 5 rings (SSSR count). The van der Waals surface area contributed by atoms with Crippen molar-refractivity contribution >= 4 is 16.8 Å². The predicted octanol–water partition coefficient (Wildman–Crippen LogP) is 8.56. The molecule has 0 spiro atoms. The second-order valence-corrected chi connectivity index (χ2v) is 9.64. The van der Waals surface area contributed by atoms with Gasteiger partial charge in [-0.05, 0) is 74.2 Å². The van der Waals surface area contributed by atoms with Crippen molar-refractivity contribution in [1.29, 1.82) is 0 Å². The Bertz CT molecular complexity index is 1550. The smallest absolute Gasteiger partial charge is 0.229 e. The number of nitrogens with zero attached hydrogens (tertiary/aromatic N) is 1. The summed E-state index contributed by atoms with van der Waals surface area (Å²) in [5.41, 5.74) is 7.14. The molecule has 39 heavy (non-hydrogen) atoms. The zero-order valence-electron chi connectivity index (χ0n) is 22.7. The van der Waals surface area contributed by atoms with Crippen LogP contribution in [0.3, 0.4) is 0 Å². The van der Waals surface area contributed by atoms with Crippen molar-refractivity contribution in [2.45, 2.75) is 26.7 Å². The Morgan fingerprint density at radius 2 is 1.67 bits per heavy atom. The maximum atomic E-state index is 6.43. The molecule has 0 aliphatic carbocycles. The Kier molecular flexibility index (Phi) is 8.27. The van der Waals surface area contributed by atoms with Crippen molar-refractivity contribution in [3.63, 3.8) is 0 Å². The van der Waals surface area contributed by atoms with Crippen molar-refractivity contribution in [1.82, 2.24) is 4.98 Å². The fourth-order valence-electron chi connectivity index (χ4n) is 4.72. The van der Waals surface area contributed by atoms with Crippen molar-refractivity contribution < 1.29 is 13.9 Å². The van der Waals surface area contributed by atoms with Gasteiger partial charge < -0.3 is 19.2 Å². The van der Waals surface area contributed by atoms with Gasteiger partial charge in [-0.25, -0.2) is 4.98 Å². The van der Waals surface area contributed by atoms with Gasteiger partial charge in [0.25, 0.3) is 0 Å². The number of rotatable bonds is 11. The summed E-state index contributed by atoms with van der Waals surface area (Å²) in [6.07, 6.45) is 5.70. The summed E-state index contributed by atoms with van der Waals surface area (Å²) >= 11 is 0. The van der Waals surface area contributed by atoms with Crippen LogP contribution in [0, 0.1) is 0 Å². The molecule has 198 valence electrons. The number of allylic oxidation sites excluding steroid dienone is 1. The van der Waals surface area contributed by atoms with Gasteiger partial charge in [0.15, 0.2) is 0 Å². The van der Waals surface area contributed by atoms with E-state index >= 15 is 0 Å². The van der Waals surface area contributed by atoms with E-state index in [4.69, 9.17) is 13.9 Å². The molecule has 0 fully saturated rings. The maximum absolute atomic E-state index is 6.43. The van der Waals surface area contributed by atoms with Crippen molar-refractivity contribution in [3.05, 3.63) is 108 Å². The Hall–Kier alpha value is -4.51. The summed E-state index contributed by atoms with van der Waals surface area (Å²) in [5, 5.41) is 4.60. The van der Waals surface area contributed by atoms with Gasteiger partial charge in [-0.3, -0.25) is 0 Å². The second-order valence-electron chi connectivity index (χ2n) is 9.64. The molecule has 0 aliphatic rings. The molecule has 2 heterocycles. The van der Waals surface area contributed by atoms with Crippen LogP contribution in [0.5, 0.6) is 11.5 Å². The van der Waals surface area contributed by atoms with Crippen LogP contribution in [0.4, 0.5) is 5.69 Å². The largest absolute Gasteiger partial charge is 0.496 e. The number of hydrogen-bond acceptors (Lipinski definition) is 5. The van der Waals surface area contributed by atoms with E-state index in [1.54, 1.807) is 13.3 Å². The maximum Gasteiger partial charge on any atom is 0.229 e. The molecule has 5 nitrogen and oxygen atoms in total. The number of anilines is 1. The minimum Gasteiger partial charge on any atom is -0.496 e. The highest BCUT2D eigenvalue weighted by Crippen LogP contribution is 2.43. The Balaban J connectivity index is 1.46. The normalized spacial score (nSPS) is 10.8. The molecule has 5 aromatic rings. The van der Waals surface area contributed by atoms with E-state index in [2.05, 4.69) is 60.6 Å². The average Bonchev–Trinajstić information content (AvgIpc) is 3.37. The monoisotopic (exact) mass is 518 g/mol. The molecule has 1 N–H and O–H groups in total. The second kappa shape index (κ2) is 12.4. The highest BCUT2D eigenvalue weighted by atomic mass is 16.5. The molecular weight excluding hydrogens is 484 g/mol. The van der Waals surface area contributed by atoms with Gasteiger partial charge in [0, 0.05) is 29.6 Å². The lowest BCUT2D eigenvalue weighted by atomic mass is 9.98. The van der Waals surface area contributed by atoms with E-state index < -0.39 is 0 Å². The quantitative estimate of drug-likeness (QED) is 0.140. The Morgan fingerprint density at radius 1 is 0.897 bits per heavy atom. The van der Waals surface area contributed by atoms with Gasteiger partial charge in [-0.15, -0.1) is 0 Å². The minimum atomic E-state index is 0.605. The third kappa shape index (κ3) is 6.15. The fourth-order valence-corrected chi connectivity index (χ4v) is 4.72. The molecule has 0 bridgehead atoms. The lowest BCUT2D eigenvalue weighted by molar-refractivity contribution is 0.324. The van der Waals surface area contributed by atoms with Crippen LogP contribution >= 0.6 is 0 Å².